The van der Waals surface area contributed by atoms with Gasteiger partial charge >= 0.3 is 0 Å². The molecule has 1 amide bonds. The first-order valence-corrected chi connectivity index (χ1v) is 12.0. The highest BCUT2D eigenvalue weighted by atomic mass is 19.1. The molecule has 0 aliphatic heterocycles. The van der Waals surface area contributed by atoms with Crippen molar-refractivity contribution < 1.29 is 14.3 Å². The molecule has 11 nitrogen and oxygen atoms in total. The molecule has 196 valence electrons. The van der Waals surface area contributed by atoms with Crippen LogP contribution in [0.25, 0.3) is 28.0 Å². The number of fused-ring (bicyclic) bond motifs is 1. The molecule has 12 heteroatoms. The summed E-state index contributed by atoms with van der Waals surface area (Å²) < 4.78 is 15.9. The van der Waals surface area contributed by atoms with E-state index in [0.29, 0.717) is 34.0 Å². The topological polar surface area (TPSA) is 157 Å². The highest BCUT2D eigenvalue weighted by Gasteiger charge is 2.27. The molecule has 0 aromatic carbocycles. The summed E-state index contributed by atoms with van der Waals surface area (Å²) in [6, 6.07) is 12.7. The summed E-state index contributed by atoms with van der Waals surface area (Å²) in [5.74, 6) is -0.111. The van der Waals surface area contributed by atoms with E-state index in [1.54, 1.807) is 41.3 Å². The number of aromatic nitrogens is 6. The monoisotopic (exact) mass is 525 g/mol. The maximum absolute atomic E-state index is 14.3. The number of nitrogens with one attached hydrogen (secondary N) is 3. The zero-order valence-electron chi connectivity index (χ0n) is 21.1. The number of aliphatic hydroxyl groups is 1. The lowest BCUT2D eigenvalue weighted by molar-refractivity contribution is -0.00177. The molecule has 0 saturated heterocycles. The van der Waals surface area contributed by atoms with Gasteiger partial charge in [-0.25, -0.2) is 13.9 Å². The first-order valence-electron chi connectivity index (χ1n) is 12.0. The van der Waals surface area contributed by atoms with Gasteiger partial charge in [0, 0.05) is 29.7 Å². The maximum atomic E-state index is 14.3. The average Bonchev–Trinajstić information content (AvgIpc) is 3.61. The molecule has 0 saturated carbocycles. The first-order chi connectivity index (χ1) is 18.7. The summed E-state index contributed by atoms with van der Waals surface area (Å²) >= 11 is 0. The Morgan fingerprint density at radius 1 is 1.15 bits per heavy atom. The molecule has 5 rings (SSSR count). The number of nitrogens with zero attached hydrogens (tertiary/aromatic N) is 6. The molecule has 0 fully saturated rings. The number of hydrogen-bond acceptors (Lipinski definition) is 8. The van der Waals surface area contributed by atoms with Gasteiger partial charge in [-0.1, -0.05) is 0 Å². The van der Waals surface area contributed by atoms with E-state index in [1.165, 1.54) is 26.2 Å². The molecule has 0 spiro atoms. The molecule has 0 aliphatic rings. The Morgan fingerprint density at radius 3 is 2.69 bits per heavy atom. The second kappa shape index (κ2) is 10.3. The number of rotatable bonds is 8. The number of H-pyrrole nitrogens is 1. The number of pyridine rings is 2. The summed E-state index contributed by atoms with van der Waals surface area (Å²) in [4.78, 5) is 22.0. The second-order valence-electron chi connectivity index (χ2n) is 9.40. The minimum atomic E-state index is -1.67. The van der Waals surface area contributed by atoms with Crippen molar-refractivity contribution >= 4 is 22.9 Å². The van der Waals surface area contributed by atoms with E-state index in [-0.39, 0.29) is 12.1 Å². The van der Waals surface area contributed by atoms with Gasteiger partial charge in [0.1, 0.15) is 18.1 Å². The number of anilines is 2. The number of carbonyl (C=O) groups excluding carboxylic acids is 1. The van der Waals surface area contributed by atoms with Crippen molar-refractivity contribution in [2.45, 2.75) is 25.6 Å². The second-order valence-corrected chi connectivity index (χ2v) is 9.40. The normalized spacial score (nSPS) is 12.2. The van der Waals surface area contributed by atoms with E-state index in [1.807, 2.05) is 18.2 Å². The number of aromatic amines is 1. The fraction of sp³-hybridized carbons (Fsp3) is 0.185. The van der Waals surface area contributed by atoms with Crippen molar-refractivity contribution in [3.05, 3.63) is 78.5 Å². The van der Waals surface area contributed by atoms with Crippen LogP contribution in [0.2, 0.25) is 0 Å². The Labute approximate surface area is 222 Å². The third kappa shape index (κ3) is 5.43. The fourth-order valence-corrected chi connectivity index (χ4v) is 3.85. The van der Waals surface area contributed by atoms with E-state index in [0.717, 1.165) is 11.1 Å². The lowest BCUT2D eigenvalue weighted by atomic mass is 10.0. The van der Waals surface area contributed by atoms with Crippen molar-refractivity contribution in [1.29, 1.82) is 5.26 Å². The molecule has 0 radical (unpaired) electrons. The Hall–Kier alpha value is -5.15. The van der Waals surface area contributed by atoms with Crippen LogP contribution in [0.15, 0.2) is 67.4 Å². The van der Waals surface area contributed by atoms with Gasteiger partial charge in [-0.15, -0.1) is 0 Å². The van der Waals surface area contributed by atoms with Crippen LogP contribution < -0.4 is 10.6 Å². The third-order valence-electron chi connectivity index (χ3n) is 6.11. The Balaban J connectivity index is 1.49. The van der Waals surface area contributed by atoms with Gasteiger partial charge in [0.25, 0.3) is 5.91 Å². The zero-order chi connectivity index (χ0) is 27.6. The number of hydrogen-bond donors (Lipinski definition) is 4. The standard InChI is InChI=1S/C27H24FN9O2/c1-27(2,39)24(28)15-32-26(38)20-14-30-22(23-5-4-19-7-16(9-29)10-35-37(19)23)8-21(20)36-25-6-3-17(11-31-25)18-12-33-34-13-18/h3-8,10-14,24,39H,15H2,1-2H3,(H,32,38)(H,33,34)(H,30,31,36). The summed E-state index contributed by atoms with van der Waals surface area (Å²) in [5, 5.41) is 35.8. The average molecular weight is 526 g/mol. The summed E-state index contributed by atoms with van der Waals surface area (Å²) in [5.41, 5.74) is 2.93. The number of nitriles is 1. The molecular weight excluding hydrogens is 501 g/mol. The Morgan fingerprint density at radius 2 is 2.00 bits per heavy atom. The number of carbonyl (C=O) groups is 1. The highest BCUT2D eigenvalue weighted by molar-refractivity contribution is 6.00. The Bertz CT molecular complexity index is 1670. The molecule has 5 aromatic heterocycles. The summed E-state index contributed by atoms with van der Waals surface area (Å²) in [6.07, 6.45) is 6.28. The molecule has 1 atom stereocenters. The summed E-state index contributed by atoms with van der Waals surface area (Å²) in [6.45, 7) is 2.29. The van der Waals surface area contributed by atoms with E-state index in [4.69, 9.17) is 5.26 Å². The molecule has 1 unspecified atom stereocenters. The van der Waals surface area contributed by atoms with Crippen LogP contribution in [0.4, 0.5) is 15.9 Å². The van der Waals surface area contributed by atoms with E-state index in [9.17, 15) is 14.3 Å². The first kappa shape index (κ1) is 25.5. The van der Waals surface area contributed by atoms with Crippen molar-refractivity contribution in [2.75, 3.05) is 11.9 Å². The van der Waals surface area contributed by atoms with Crippen molar-refractivity contribution in [1.82, 2.24) is 35.1 Å². The van der Waals surface area contributed by atoms with Gasteiger partial charge < -0.3 is 15.7 Å². The van der Waals surface area contributed by atoms with Crippen LogP contribution in [-0.4, -0.2) is 59.1 Å². The largest absolute Gasteiger partial charge is 0.387 e. The Kier molecular flexibility index (Phi) is 6.74. The molecule has 39 heavy (non-hydrogen) atoms. The van der Waals surface area contributed by atoms with Crippen molar-refractivity contribution in [3.8, 4) is 28.6 Å². The molecule has 0 bridgehead atoms. The lowest BCUT2D eigenvalue weighted by Crippen LogP contribution is -2.42. The molecule has 4 N–H and O–H groups in total. The SMILES string of the molecule is CC(C)(O)C(F)CNC(=O)c1cnc(-c2ccc3cc(C#N)cnn23)cc1Nc1ccc(-c2cn[nH]c2)cn1. The van der Waals surface area contributed by atoms with Crippen LogP contribution >= 0.6 is 0 Å². The van der Waals surface area contributed by atoms with Gasteiger partial charge in [0.05, 0.1) is 58.3 Å². The fourth-order valence-electron chi connectivity index (χ4n) is 3.85. The molecule has 0 aliphatic carbocycles. The van der Waals surface area contributed by atoms with Crippen molar-refractivity contribution in [3.63, 3.8) is 0 Å². The maximum Gasteiger partial charge on any atom is 0.255 e. The number of halogens is 1. The number of alkyl halides is 1. The lowest BCUT2D eigenvalue weighted by Gasteiger charge is -2.22. The van der Waals surface area contributed by atoms with Crippen LogP contribution in [-0.2, 0) is 0 Å². The quantitative estimate of drug-likeness (QED) is 0.239. The molecular formula is C27H24FN9O2. The minimum Gasteiger partial charge on any atom is -0.387 e. The zero-order valence-corrected chi connectivity index (χ0v) is 21.1. The smallest absolute Gasteiger partial charge is 0.255 e. The van der Waals surface area contributed by atoms with Crippen LogP contribution in [0, 0.1) is 11.3 Å². The molecule has 5 aromatic rings. The highest BCUT2D eigenvalue weighted by Crippen LogP contribution is 2.28. The van der Waals surface area contributed by atoms with Gasteiger partial charge in [-0.3, -0.25) is 14.9 Å². The summed E-state index contributed by atoms with van der Waals surface area (Å²) in [7, 11) is 0. The molecule has 5 heterocycles. The predicted octanol–water partition coefficient (Wildman–Crippen LogP) is 3.64. The van der Waals surface area contributed by atoms with Gasteiger partial charge in [-0.2, -0.15) is 15.5 Å². The van der Waals surface area contributed by atoms with E-state index >= 15 is 0 Å². The van der Waals surface area contributed by atoms with Crippen molar-refractivity contribution in [2.24, 2.45) is 0 Å². The van der Waals surface area contributed by atoms with E-state index < -0.39 is 17.7 Å². The predicted molar refractivity (Wildman–Crippen MR) is 142 cm³/mol. The minimum absolute atomic E-state index is 0.156. The van der Waals surface area contributed by atoms with E-state index in [2.05, 4.69) is 42.0 Å². The van der Waals surface area contributed by atoms with Crippen LogP contribution in [0.1, 0.15) is 29.8 Å². The van der Waals surface area contributed by atoms with Gasteiger partial charge in [0.15, 0.2) is 0 Å². The van der Waals surface area contributed by atoms with Gasteiger partial charge in [-0.05, 0) is 50.2 Å². The van der Waals surface area contributed by atoms with Gasteiger partial charge in [0.2, 0.25) is 0 Å². The van der Waals surface area contributed by atoms with Crippen LogP contribution in [0.5, 0.6) is 0 Å². The number of amides is 1. The third-order valence-corrected chi connectivity index (χ3v) is 6.11. The van der Waals surface area contributed by atoms with Crippen LogP contribution in [0.3, 0.4) is 0 Å².